The molecule has 2 aromatic heterocycles. The fraction of sp³-hybridized carbons (Fsp3) is 0.538. The van der Waals surface area contributed by atoms with E-state index in [-0.39, 0.29) is 5.41 Å². The standard InChI is InChI=1S/C13H20N4S/c1-13(2,3)12-15-9-11(18-12)8-14-7-10-5-6-17(4)16-10/h5-6,9,14H,7-8H2,1-4H3. The second-order valence-corrected chi connectivity index (χ2v) is 6.58. The van der Waals surface area contributed by atoms with Gasteiger partial charge in [0.25, 0.3) is 0 Å². The van der Waals surface area contributed by atoms with E-state index in [9.17, 15) is 0 Å². The average molecular weight is 264 g/mol. The fourth-order valence-corrected chi connectivity index (χ4v) is 2.55. The third-order valence-electron chi connectivity index (χ3n) is 2.57. The number of nitrogens with one attached hydrogen (secondary N) is 1. The molecule has 0 saturated heterocycles. The van der Waals surface area contributed by atoms with Gasteiger partial charge in [0.15, 0.2) is 0 Å². The topological polar surface area (TPSA) is 42.7 Å². The van der Waals surface area contributed by atoms with Crippen LogP contribution in [0.1, 0.15) is 36.3 Å². The minimum atomic E-state index is 0.143. The average Bonchev–Trinajstić information content (AvgIpc) is 2.87. The number of nitrogens with zero attached hydrogens (tertiary/aromatic N) is 3. The van der Waals surface area contributed by atoms with Crippen molar-refractivity contribution in [2.24, 2.45) is 7.05 Å². The SMILES string of the molecule is Cn1ccc(CNCc2cnc(C(C)(C)C)s2)n1. The number of aromatic nitrogens is 3. The van der Waals surface area contributed by atoms with E-state index >= 15 is 0 Å². The minimum Gasteiger partial charge on any atom is -0.306 e. The summed E-state index contributed by atoms with van der Waals surface area (Å²) < 4.78 is 1.82. The molecule has 0 fully saturated rings. The van der Waals surface area contributed by atoms with Gasteiger partial charge in [0, 0.05) is 42.8 Å². The van der Waals surface area contributed by atoms with Crippen molar-refractivity contribution in [3.8, 4) is 0 Å². The maximum Gasteiger partial charge on any atom is 0.0981 e. The Bertz CT molecular complexity index is 507. The Hall–Kier alpha value is -1.20. The lowest BCUT2D eigenvalue weighted by molar-refractivity contribution is 0.585. The number of hydrogen-bond donors (Lipinski definition) is 1. The first-order valence-corrected chi connectivity index (χ1v) is 6.91. The van der Waals surface area contributed by atoms with E-state index in [0.717, 1.165) is 18.8 Å². The number of thiazole rings is 1. The third kappa shape index (κ3) is 3.40. The Balaban J connectivity index is 1.85. The molecule has 98 valence electrons. The number of aryl methyl sites for hydroxylation is 1. The Morgan fingerprint density at radius 1 is 1.33 bits per heavy atom. The first-order chi connectivity index (χ1) is 8.45. The van der Waals surface area contributed by atoms with Gasteiger partial charge in [-0.05, 0) is 6.07 Å². The summed E-state index contributed by atoms with van der Waals surface area (Å²) in [7, 11) is 1.93. The summed E-state index contributed by atoms with van der Waals surface area (Å²) in [4.78, 5) is 5.75. The molecule has 1 N–H and O–H groups in total. The van der Waals surface area contributed by atoms with Crippen LogP contribution < -0.4 is 5.32 Å². The number of hydrogen-bond acceptors (Lipinski definition) is 4. The highest BCUT2D eigenvalue weighted by molar-refractivity contribution is 7.11. The van der Waals surface area contributed by atoms with Crippen molar-refractivity contribution >= 4 is 11.3 Å². The Morgan fingerprint density at radius 2 is 2.11 bits per heavy atom. The molecule has 0 aliphatic carbocycles. The molecule has 0 aliphatic heterocycles. The van der Waals surface area contributed by atoms with E-state index in [4.69, 9.17) is 0 Å². The van der Waals surface area contributed by atoms with Crippen LogP contribution in [0.15, 0.2) is 18.5 Å². The van der Waals surface area contributed by atoms with Gasteiger partial charge in [-0.3, -0.25) is 4.68 Å². The van der Waals surface area contributed by atoms with Crippen LogP contribution in [0.4, 0.5) is 0 Å². The van der Waals surface area contributed by atoms with Gasteiger partial charge in [-0.2, -0.15) is 5.10 Å². The van der Waals surface area contributed by atoms with E-state index in [1.165, 1.54) is 9.88 Å². The van der Waals surface area contributed by atoms with Crippen LogP contribution in [-0.2, 0) is 25.6 Å². The molecule has 2 heterocycles. The van der Waals surface area contributed by atoms with Gasteiger partial charge in [-0.15, -0.1) is 11.3 Å². The van der Waals surface area contributed by atoms with E-state index < -0.39 is 0 Å². The third-order valence-corrected chi connectivity index (χ3v) is 3.99. The van der Waals surface area contributed by atoms with Gasteiger partial charge < -0.3 is 5.32 Å². The molecular weight excluding hydrogens is 244 g/mol. The van der Waals surface area contributed by atoms with Crippen LogP contribution >= 0.6 is 11.3 Å². The van der Waals surface area contributed by atoms with Crippen molar-refractivity contribution in [1.29, 1.82) is 0 Å². The molecule has 2 aromatic rings. The molecular formula is C13H20N4S. The molecule has 0 saturated carbocycles. The quantitative estimate of drug-likeness (QED) is 0.922. The van der Waals surface area contributed by atoms with Gasteiger partial charge in [-0.1, -0.05) is 20.8 Å². The second kappa shape index (κ2) is 5.20. The largest absolute Gasteiger partial charge is 0.306 e. The summed E-state index contributed by atoms with van der Waals surface area (Å²) >= 11 is 1.78. The first-order valence-electron chi connectivity index (χ1n) is 6.09. The molecule has 18 heavy (non-hydrogen) atoms. The van der Waals surface area contributed by atoms with Gasteiger partial charge >= 0.3 is 0 Å². The lowest BCUT2D eigenvalue weighted by Gasteiger charge is -2.13. The predicted molar refractivity (Wildman–Crippen MR) is 74.6 cm³/mol. The molecule has 0 radical (unpaired) electrons. The molecule has 0 spiro atoms. The normalized spacial score (nSPS) is 12.0. The van der Waals surface area contributed by atoms with Crippen molar-refractivity contribution in [3.05, 3.63) is 34.0 Å². The van der Waals surface area contributed by atoms with E-state index in [1.54, 1.807) is 11.3 Å². The molecule has 0 aromatic carbocycles. The van der Waals surface area contributed by atoms with Gasteiger partial charge in [0.05, 0.1) is 10.7 Å². The van der Waals surface area contributed by atoms with Crippen LogP contribution in [0.3, 0.4) is 0 Å². The monoisotopic (exact) mass is 264 g/mol. The van der Waals surface area contributed by atoms with Gasteiger partial charge in [0.2, 0.25) is 0 Å². The highest BCUT2D eigenvalue weighted by Gasteiger charge is 2.17. The maximum atomic E-state index is 4.48. The molecule has 0 aliphatic rings. The van der Waals surface area contributed by atoms with Crippen LogP contribution in [0.25, 0.3) is 0 Å². The highest BCUT2D eigenvalue weighted by atomic mass is 32.1. The molecule has 4 nitrogen and oxygen atoms in total. The summed E-state index contributed by atoms with van der Waals surface area (Å²) in [5.74, 6) is 0. The summed E-state index contributed by atoms with van der Waals surface area (Å²) in [5, 5.41) is 8.91. The molecule has 0 atom stereocenters. The summed E-state index contributed by atoms with van der Waals surface area (Å²) in [5.41, 5.74) is 1.21. The van der Waals surface area contributed by atoms with Crippen molar-refractivity contribution in [3.63, 3.8) is 0 Å². The van der Waals surface area contributed by atoms with Crippen LogP contribution in [0.2, 0.25) is 0 Å². The molecule has 0 unspecified atom stereocenters. The fourth-order valence-electron chi connectivity index (χ4n) is 1.61. The Labute approximate surface area is 112 Å². The van der Waals surface area contributed by atoms with Crippen LogP contribution in [0, 0.1) is 0 Å². The Kier molecular flexibility index (Phi) is 3.82. The van der Waals surface area contributed by atoms with Crippen LogP contribution in [0.5, 0.6) is 0 Å². The molecule has 5 heteroatoms. The first kappa shape index (κ1) is 13.2. The van der Waals surface area contributed by atoms with Crippen molar-refractivity contribution in [2.75, 3.05) is 0 Å². The Morgan fingerprint density at radius 3 is 2.67 bits per heavy atom. The van der Waals surface area contributed by atoms with Crippen molar-refractivity contribution in [1.82, 2.24) is 20.1 Å². The molecule has 0 bridgehead atoms. The zero-order valence-corrected chi connectivity index (χ0v) is 12.2. The minimum absolute atomic E-state index is 0.143. The molecule has 0 amide bonds. The predicted octanol–water partition coefficient (Wildman–Crippen LogP) is 2.46. The lowest BCUT2D eigenvalue weighted by Crippen LogP contribution is -2.12. The molecule has 2 rings (SSSR count). The smallest absolute Gasteiger partial charge is 0.0981 e. The second-order valence-electron chi connectivity index (χ2n) is 5.47. The van der Waals surface area contributed by atoms with E-state index in [0.29, 0.717) is 0 Å². The van der Waals surface area contributed by atoms with E-state index in [1.807, 2.05) is 30.2 Å². The van der Waals surface area contributed by atoms with Crippen molar-refractivity contribution in [2.45, 2.75) is 39.3 Å². The summed E-state index contributed by atoms with van der Waals surface area (Å²) in [6.45, 7) is 8.22. The summed E-state index contributed by atoms with van der Waals surface area (Å²) in [6.07, 6.45) is 3.93. The van der Waals surface area contributed by atoms with Gasteiger partial charge in [-0.25, -0.2) is 4.98 Å². The zero-order chi connectivity index (χ0) is 13.2. The van der Waals surface area contributed by atoms with E-state index in [2.05, 4.69) is 36.2 Å². The maximum absolute atomic E-state index is 4.48. The summed E-state index contributed by atoms with van der Waals surface area (Å²) in [6, 6.07) is 2.03. The lowest BCUT2D eigenvalue weighted by atomic mass is 9.98. The van der Waals surface area contributed by atoms with Gasteiger partial charge in [0.1, 0.15) is 0 Å². The van der Waals surface area contributed by atoms with Crippen molar-refractivity contribution < 1.29 is 0 Å². The number of rotatable bonds is 4. The highest BCUT2D eigenvalue weighted by Crippen LogP contribution is 2.26. The van der Waals surface area contributed by atoms with Crippen LogP contribution in [-0.4, -0.2) is 14.8 Å². The zero-order valence-electron chi connectivity index (χ0n) is 11.4.